The molecule has 7 aromatic rings. The summed E-state index contributed by atoms with van der Waals surface area (Å²) in [5.41, 5.74) is 4.69. The quantitative estimate of drug-likeness (QED) is 0.109. The summed E-state index contributed by atoms with van der Waals surface area (Å²) in [4.78, 5) is 24.3. The lowest BCUT2D eigenvalue weighted by atomic mass is 9.62. The summed E-state index contributed by atoms with van der Waals surface area (Å²) in [5.74, 6) is -0.157. The van der Waals surface area contributed by atoms with Crippen LogP contribution in [-0.2, 0) is 10.8 Å². The number of phenols is 2. The Kier molecular flexibility index (Phi) is 9.53. The molecule has 0 amide bonds. The number of halogens is 2. The van der Waals surface area contributed by atoms with Gasteiger partial charge in [0.1, 0.15) is 11.5 Å². The summed E-state index contributed by atoms with van der Waals surface area (Å²) in [6.45, 7) is 0. The monoisotopic (exact) mass is 718 g/mol. The molecule has 0 fully saturated rings. The van der Waals surface area contributed by atoms with Crippen LogP contribution in [0, 0.1) is 0 Å². The van der Waals surface area contributed by atoms with Crippen molar-refractivity contribution < 1.29 is 19.8 Å². The highest BCUT2D eigenvalue weighted by atomic mass is 35.5. The summed E-state index contributed by atoms with van der Waals surface area (Å²) in [6.07, 6.45) is 0. The van der Waals surface area contributed by atoms with Gasteiger partial charge in [0, 0.05) is 22.3 Å². The lowest BCUT2D eigenvalue weighted by Crippen LogP contribution is -2.33. The lowest BCUT2D eigenvalue weighted by molar-refractivity contribution is 0.107. The number of rotatable bonds is 10. The van der Waals surface area contributed by atoms with E-state index in [-0.39, 0.29) is 22.6 Å². The molecule has 0 radical (unpaired) electrons. The van der Waals surface area contributed by atoms with E-state index in [0.717, 1.165) is 33.4 Å². The van der Waals surface area contributed by atoms with Gasteiger partial charge >= 0.3 is 0 Å². The van der Waals surface area contributed by atoms with Gasteiger partial charge in [0.2, 0.25) is 0 Å². The van der Waals surface area contributed by atoms with Gasteiger partial charge in [-0.05, 0) is 80.8 Å². The van der Waals surface area contributed by atoms with E-state index in [1.165, 1.54) is 12.1 Å². The van der Waals surface area contributed by atoms with Crippen molar-refractivity contribution in [1.29, 1.82) is 0 Å². The molecule has 0 saturated carbocycles. The Balaban J connectivity index is 1.56. The van der Waals surface area contributed by atoms with Crippen LogP contribution < -0.4 is 0 Å². The molecule has 4 nitrogen and oxygen atoms in total. The predicted molar refractivity (Wildman–Crippen MR) is 207 cm³/mol. The fourth-order valence-electron chi connectivity index (χ4n) is 7.60. The molecule has 0 saturated heterocycles. The molecular formula is C46H32Cl2O4. The second-order valence-electron chi connectivity index (χ2n) is 12.6. The normalized spacial score (nSPS) is 11.6. The highest BCUT2D eigenvalue weighted by Crippen LogP contribution is 2.51. The van der Waals surface area contributed by atoms with E-state index < -0.39 is 21.3 Å². The van der Waals surface area contributed by atoms with Crippen molar-refractivity contribution in [2.45, 2.75) is 10.8 Å². The molecule has 6 heteroatoms. The Hall–Kier alpha value is -5.94. The molecule has 7 aromatic carbocycles. The van der Waals surface area contributed by atoms with Crippen molar-refractivity contribution in [3.63, 3.8) is 0 Å². The van der Waals surface area contributed by atoms with Crippen molar-refractivity contribution in [3.05, 3.63) is 238 Å². The molecule has 2 N–H and O–H groups in total. The lowest BCUT2D eigenvalue weighted by Gasteiger charge is -2.39. The first kappa shape index (κ1) is 34.5. The minimum atomic E-state index is -1.04. The van der Waals surface area contributed by atoms with Crippen molar-refractivity contribution in [2.75, 3.05) is 0 Å². The zero-order chi connectivity index (χ0) is 36.3. The average molecular weight is 720 g/mol. The molecule has 0 spiro atoms. The van der Waals surface area contributed by atoms with Gasteiger partial charge in [-0.2, -0.15) is 0 Å². The molecule has 0 aromatic heterocycles. The second-order valence-corrected chi connectivity index (χ2v) is 13.2. The van der Waals surface area contributed by atoms with E-state index in [1.807, 2.05) is 146 Å². The highest BCUT2D eigenvalue weighted by Gasteiger charge is 2.43. The predicted octanol–water partition coefficient (Wildman–Crippen LogP) is 10.6. The molecule has 0 aliphatic carbocycles. The van der Waals surface area contributed by atoms with Gasteiger partial charge < -0.3 is 10.2 Å². The van der Waals surface area contributed by atoms with E-state index in [9.17, 15) is 19.8 Å². The Morgan fingerprint density at radius 1 is 0.365 bits per heavy atom. The number of aromatic hydroxyl groups is 2. The molecule has 7 rings (SSSR count). The SMILES string of the molecule is O=C(Cl)c1ccc(C(c2ccccc2)(c2ccccc2)c2ccc(C(c3ccccc3)(c3ccccc3)c3ccc(C(=O)Cl)cc3O)cc2)c(O)c1. The number of hydrogen-bond acceptors (Lipinski definition) is 4. The minimum Gasteiger partial charge on any atom is -0.508 e. The fraction of sp³-hybridized carbons (Fsp3) is 0.0435. The number of phenolic OH excluding ortho intramolecular Hbond substituents is 2. The summed E-state index contributed by atoms with van der Waals surface area (Å²) in [5, 5.41) is 22.1. The van der Waals surface area contributed by atoms with E-state index in [2.05, 4.69) is 0 Å². The van der Waals surface area contributed by atoms with Crippen LogP contribution in [0.2, 0.25) is 0 Å². The topological polar surface area (TPSA) is 74.6 Å². The third-order valence-electron chi connectivity index (χ3n) is 9.84. The fourth-order valence-corrected chi connectivity index (χ4v) is 7.83. The van der Waals surface area contributed by atoms with Crippen molar-refractivity contribution in [2.24, 2.45) is 0 Å². The van der Waals surface area contributed by atoms with Gasteiger partial charge in [0.15, 0.2) is 0 Å². The summed E-state index contributed by atoms with van der Waals surface area (Å²) >= 11 is 11.7. The third-order valence-corrected chi connectivity index (χ3v) is 10.3. The maximum atomic E-state index is 12.1. The van der Waals surface area contributed by atoms with Crippen LogP contribution in [0.5, 0.6) is 11.5 Å². The first-order chi connectivity index (χ1) is 25.3. The van der Waals surface area contributed by atoms with Gasteiger partial charge in [0.25, 0.3) is 10.5 Å². The Morgan fingerprint density at radius 2 is 0.615 bits per heavy atom. The summed E-state index contributed by atoms with van der Waals surface area (Å²) in [7, 11) is 0. The molecule has 0 heterocycles. The summed E-state index contributed by atoms with van der Waals surface area (Å²) < 4.78 is 0. The third kappa shape index (κ3) is 5.86. The van der Waals surface area contributed by atoms with Gasteiger partial charge in [-0.3, -0.25) is 9.59 Å². The molecule has 0 bridgehead atoms. The van der Waals surface area contributed by atoms with E-state index >= 15 is 0 Å². The smallest absolute Gasteiger partial charge is 0.252 e. The molecule has 0 unspecified atom stereocenters. The van der Waals surface area contributed by atoms with Crippen LogP contribution >= 0.6 is 23.2 Å². The van der Waals surface area contributed by atoms with Crippen molar-refractivity contribution >= 4 is 33.7 Å². The standard InChI is InChI=1S/C46H32Cl2O4/c47-43(51)31-21-27-39(41(49)29-31)45(33-13-5-1-6-14-33,34-15-7-2-8-16-34)37-23-25-38(26-24-37)46(35-17-9-3-10-18-35,36-19-11-4-12-20-36)40-28-22-32(44(48)52)30-42(40)50/h1-30,49-50H. The molecule has 254 valence electrons. The van der Waals surface area contributed by atoms with Crippen LogP contribution in [-0.4, -0.2) is 20.7 Å². The number of hydrogen-bond donors (Lipinski definition) is 2. The zero-order valence-corrected chi connectivity index (χ0v) is 29.3. The zero-order valence-electron chi connectivity index (χ0n) is 27.8. The number of carbonyl (C=O) groups excluding carboxylic acids is 2. The highest BCUT2D eigenvalue weighted by molar-refractivity contribution is 6.68. The van der Waals surface area contributed by atoms with Gasteiger partial charge in [0.05, 0.1) is 10.8 Å². The number of benzene rings is 7. The average Bonchev–Trinajstić information content (AvgIpc) is 3.18. The molecule has 0 atom stereocenters. The Bertz CT molecular complexity index is 2110. The van der Waals surface area contributed by atoms with E-state index in [1.54, 1.807) is 24.3 Å². The number of carbonyl (C=O) groups is 2. The Morgan fingerprint density at radius 3 is 0.846 bits per heavy atom. The largest absolute Gasteiger partial charge is 0.508 e. The molecule has 0 aliphatic rings. The van der Waals surface area contributed by atoms with E-state index in [0.29, 0.717) is 11.1 Å². The van der Waals surface area contributed by atoms with Crippen LogP contribution in [0.3, 0.4) is 0 Å². The maximum absolute atomic E-state index is 12.1. The molecule has 0 aliphatic heterocycles. The van der Waals surface area contributed by atoms with Crippen molar-refractivity contribution in [3.8, 4) is 11.5 Å². The van der Waals surface area contributed by atoms with E-state index in [4.69, 9.17) is 23.2 Å². The Labute approximate surface area is 312 Å². The van der Waals surface area contributed by atoms with Gasteiger partial charge in [-0.1, -0.05) is 158 Å². The van der Waals surface area contributed by atoms with Crippen LogP contribution in [0.25, 0.3) is 0 Å². The van der Waals surface area contributed by atoms with Crippen molar-refractivity contribution in [1.82, 2.24) is 0 Å². The van der Waals surface area contributed by atoms with Crippen LogP contribution in [0.4, 0.5) is 0 Å². The maximum Gasteiger partial charge on any atom is 0.252 e. The second kappa shape index (κ2) is 14.4. The molecular weight excluding hydrogens is 687 g/mol. The van der Waals surface area contributed by atoms with Crippen LogP contribution in [0.1, 0.15) is 65.2 Å². The summed E-state index contributed by atoms with van der Waals surface area (Å²) in [6, 6.07) is 57.5. The van der Waals surface area contributed by atoms with Gasteiger partial charge in [-0.15, -0.1) is 0 Å². The molecule has 52 heavy (non-hydrogen) atoms. The van der Waals surface area contributed by atoms with Gasteiger partial charge in [-0.25, -0.2) is 0 Å². The van der Waals surface area contributed by atoms with Crippen LogP contribution in [0.15, 0.2) is 182 Å². The first-order valence-corrected chi connectivity index (χ1v) is 17.4. The minimum absolute atomic E-state index is 0.0787. The first-order valence-electron chi connectivity index (χ1n) is 16.7.